The van der Waals surface area contributed by atoms with Gasteiger partial charge in [0.25, 0.3) is 5.78 Å². The Hall–Kier alpha value is -3.09. The highest BCUT2D eigenvalue weighted by atomic mass is 19.1. The summed E-state index contributed by atoms with van der Waals surface area (Å²) >= 11 is 0. The summed E-state index contributed by atoms with van der Waals surface area (Å²) in [6.07, 6.45) is 1.54. The molecule has 0 aliphatic rings. The summed E-state index contributed by atoms with van der Waals surface area (Å²) in [5.41, 5.74) is 2.19. The number of rotatable bonds is 3. The maximum Gasteiger partial charge on any atom is 0.257 e. The second kappa shape index (κ2) is 5.77. The molecule has 7 heteroatoms. The van der Waals surface area contributed by atoms with Gasteiger partial charge < -0.3 is 4.90 Å². The van der Waals surface area contributed by atoms with Crippen molar-refractivity contribution < 1.29 is 8.78 Å². The lowest BCUT2D eigenvalue weighted by atomic mass is 10.1. The Morgan fingerprint density at radius 1 is 1.08 bits per heavy atom. The number of hydrogen-bond acceptors (Lipinski definition) is 4. The van der Waals surface area contributed by atoms with Crippen molar-refractivity contribution in [3.05, 3.63) is 59.9 Å². The van der Waals surface area contributed by atoms with Crippen LogP contribution >= 0.6 is 0 Å². The van der Waals surface area contributed by atoms with Crippen LogP contribution in [0.5, 0.6) is 0 Å². The second-order valence-electron chi connectivity index (χ2n) is 5.83. The molecular weight excluding hydrogens is 324 g/mol. The maximum atomic E-state index is 13.9. The molecule has 0 N–H and O–H groups in total. The molecule has 0 amide bonds. The van der Waals surface area contributed by atoms with Gasteiger partial charge in [-0.15, -0.1) is 10.2 Å². The number of benzene rings is 2. The van der Waals surface area contributed by atoms with Crippen LogP contribution in [0.2, 0.25) is 0 Å². The van der Waals surface area contributed by atoms with E-state index in [1.807, 2.05) is 24.8 Å². The van der Waals surface area contributed by atoms with Crippen molar-refractivity contribution >= 4 is 28.2 Å². The van der Waals surface area contributed by atoms with Gasteiger partial charge in [-0.05, 0) is 55.8 Å². The largest absolute Gasteiger partial charge is 0.326 e. The van der Waals surface area contributed by atoms with Gasteiger partial charge in [-0.3, -0.25) is 4.40 Å². The number of anilines is 2. The quantitative estimate of drug-likeness (QED) is 0.565. The standard InChI is InChI=1S/C18H15F2N5/c1-3-24(14-7-11(2)6-13(20)8-14)17-15-9-12(19)4-5-16(15)25-10-21-23-18(25)22-17/h4-10H,3H2,1-2H3. The Bertz CT molecular complexity index is 1070. The zero-order valence-corrected chi connectivity index (χ0v) is 13.7. The fourth-order valence-electron chi connectivity index (χ4n) is 3.06. The van der Waals surface area contributed by atoms with Crippen molar-refractivity contribution in [3.8, 4) is 0 Å². The molecule has 0 aliphatic heterocycles. The molecule has 2 aromatic heterocycles. The molecule has 0 fully saturated rings. The summed E-state index contributed by atoms with van der Waals surface area (Å²) in [5.74, 6) is 0.227. The molecule has 0 spiro atoms. The lowest BCUT2D eigenvalue weighted by molar-refractivity contribution is 0.626. The first-order valence-electron chi connectivity index (χ1n) is 7.90. The Balaban J connectivity index is 2.03. The maximum absolute atomic E-state index is 13.9. The third kappa shape index (κ3) is 2.57. The van der Waals surface area contributed by atoms with Gasteiger partial charge in [0.05, 0.1) is 5.52 Å². The van der Waals surface area contributed by atoms with E-state index in [1.165, 1.54) is 30.6 Å². The highest BCUT2D eigenvalue weighted by molar-refractivity contribution is 5.93. The highest BCUT2D eigenvalue weighted by Gasteiger charge is 2.17. The lowest BCUT2D eigenvalue weighted by Gasteiger charge is -2.24. The fourth-order valence-corrected chi connectivity index (χ4v) is 3.06. The number of nitrogens with zero attached hydrogens (tertiary/aromatic N) is 5. The number of hydrogen-bond donors (Lipinski definition) is 0. The van der Waals surface area contributed by atoms with E-state index in [-0.39, 0.29) is 11.6 Å². The Morgan fingerprint density at radius 2 is 1.92 bits per heavy atom. The van der Waals surface area contributed by atoms with Crippen LogP contribution in [0.1, 0.15) is 12.5 Å². The van der Waals surface area contributed by atoms with Crippen molar-refractivity contribution in [2.75, 3.05) is 11.4 Å². The van der Waals surface area contributed by atoms with E-state index in [2.05, 4.69) is 15.2 Å². The Morgan fingerprint density at radius 3 is 2.68 bits per heavy atom. The first-order chi connectivity index (χ1) is 12.1. The van der Waals surface area contributed by atoms with Crippen LogP contribution < -0.4 is 4.90 Å². The molecule has 0 bridgehead atoms. The number of aromatic nitrogens is 4. The molecule has 2 aromatic carbocycles. The summed E-state index contributed by atoms with van der Waals surface area (Å²) < 4.78 is 29.5. The second-order valence-corrected chi connectivity index (χ2v) is 5.83. The van der Waals surface area contributed by atoms with Crippen LogP contribution in [0.3, 0.4) is 0 Å². The van der Waals surface area contributed by atoms with Gasteiger partial charge >= 0.3 is 0 Å². The predicted molar refractivity (Wildman–Crippen MR) is 92.1 cm³/mol. The van der Waals surface area contributed by atoms with Crippen LogP contribution in [-0.2, 0) is 0 Å². The van der Waals surface area contributed by atoms with Crippen LogP contribution in [0.25, 0.3) is 16.7 Å². The van der Waals surface area contributed by atoms with Crippen molar-refractivity contribution in [2.24, 2.45) is 0 Å². The molecule has 5 nitrogen and oxygen atoms in total. The van der Waals surface area contributed by atoms with Gasteiger partial charge in [0.1, 0.15) is 23.8 Å². The summed E-state index contributed by atoms with van der Waals surface area (Å²) in [5, 5.41) is 8.49. The van der Waals surface area contributed by atoms with E-state index in [0.29, 0.717) is 29.2 Å². The zero-order valence-electron chi connectivity index (χ0n) is 13.7. The molecule has 0 atom stereocenters. The summed E-state index contributed by atoms with van der Waals surface area (Å²) in [4.78, 5) is 6.38. The van der Waals surface area contributed by atoms with Crippen LogP contribution in [-0.4, -0.2) is 26.1 Å². The average Bonchev–Trinajstić information content (AvgIpc) is 3.03. The first kappa shape index (κ1) is 15.4. The number of halogens is 2. The van der Waals surface area contributed by atoms with Crippen molar-refractivity contribution in [3.63, 3.8) is 0 Å². The third-order valence-electron chi connectivity index (χ3n) is 4.11. The van der Waals surface area contributed by atoms with Crippen molar-refractivity contribution in [2.45, 2.75) is 13.8 Å². The molecular formula is C18H15F2N5. The molecule has 0 aliphatic carbocycles. The monoisotopic (exact) mass is 339 g/mol. The van der Waals surface area contributed by atoms with Gasteiger partial charge in [0, 0.05) is 17.6 Å². The smallest absolute Gasteiger partial charge is 0.257 e. The molecule has 2 heterocycles. The van der Waals surface area contributed by atoms with E-state index in [9.17, 15) is 8.78 Å². The first-order valence-corrected chi connectivity index (χ1v) is 7.90. The van der Waals surface area contributed by atoms with E-state index >= 15 is 0 Å². The van der Waals surface area contributed by atoms with E-state index in [4.69, 9.17) is 0 Å². The summed E-state index contributed by atoms with van der Waals surface area (Å²) in [6.45, 7) is 4.29. The van der Waals surface area contributed by atoms with Crippen molar-refractivity contribution in [1.29, 1.82) is 0 Å². The van der Waals surface area contributed by atoms with Gasteiger partial charge in [0.2, 0.25) is 0 Å². The fraction of sp³-hybridized carbons (Fsp3) is 0.167. The molecule has 0 radical (unpaired) electrons. The van der Waals surface area contributed by atoms with E-state index in [1.54, 1.807) is 10.5 Å². The Labute approximate surface area is 142 Å². The van der Waals surface area contributed by atoms with E-state index < -0.39 is 0 Å². The van der Waals surface area contributed by atoms with Gasteiger partial charge in [-0.25, -0.2) is 8.78 Å². The minimum Gasteiger partial charge on any atom is -0.326 e. The summed E-state index contributed by atoms with van der Waals surface area (Å²) in [7, 11) is 0. The van der Waals surface area contributed by atoms with Crippen LogP contribution in [0.4, 0.5) is 20.3 Å². The molecule has 0 unspecified atom stereocenters. The predicted octanol–water partition coefficient (Wildman–Crippen LogP) is 4.02. The normalized spacial score (nSPS) is 11.4. The highest BCUT2D eigenvalue weighted by Crippen LogP contribution is 2.32. The lowest BCUT2D eigenvalue weighted by Crippen LogP contribution is -2.19. The van der Waals surface area contributed by atoms with Crippen molar-refractivity contribution in [1.82, 2.24) is 19.6 Å². The summed E-state index contributed by atoms with van der Waals surface area (Å²) in [6, 6.07) is 9.24. The molecule has 126 valence electrons. The molecule has 4 aromatic rings. The van der Waals surface area contributed by atoms with E-state index in [0.717, 1.165) is 11.1 Å². The van der Waals surface area contributed by atoms with Gasteiger partial charge in [-0.1, -0.05) is 0 Å². The average molecular weight is 339 g/mol. The molecule has 4 rings (SSSR count). The Kier molecular flexibility index (Phi) is 3.56. The van der Waals surface area contributed by atoms with Crippen LogP contribution in [0.15, 0.2) is 42.7 Å². The molecule has 25 heavy (non-hydrogen) atoms. The van der Waals surface area contributed by atoms with Gasteiger partial charge in [0.15, 0.2) is 0 Å². The molecule has 0 saturated carbocycles. The minimum absolute atomic E-state index is 0.326. The topological polar surface area (TPSA) is 46.3 Å². The zero-order chi connectivity index (χ0) is 17.6. The minimum atomic E-state index is -0.366. The number of aryl methyl sites for hydroxylation is 1. The molecule has 0 saturated heterocycles. The third-order valence-corrected chi connectivity index (χ3v) is 4.11. The SMILES string of the molecule is CCN(c1cc(C)cc(F)c1)c1nc2nncn2c2ccc(F)cc12. The van der Waals surface area contributed by atoms with Crippen LogP contribution in [0, 0.1) is 18.6 Å². The number of fused-ring (bicyclic) bond motifs is 3. The van der Waals surface area contributed by atoms with Gasteiger partial charge in [-0.2, -0.15) is 4.98 Å².